The van der Waals surface area contributed by atoms with E-state index in [9.17, 15) is 0 Å². The van der Waals surface area contributed by atoms with Crippen molar-refractivity contribution in [2.75, 3.05) is 11.1 Å². The third-order valence-corrected chi connectivity index (χ3v) is 2.87. The third kappa shape index (κ3) is 2.22. The molecule has 1 unspecified atom stereocenters. The molecule has 19 heavy (non-hydrogen) atoms. The van der Waals surface area contributed by atoms with Gasteiger partial charge < -0.3 is 11.1 Å². The summed E-state index contributed by atoms with van der Waals surface area (Å²) in [6, 6.07) is 5.75. The van der Waals surface area contributed by atoms with Crippen LogP contribution in [0, 0.1) is 0 Å². The number of fused-ring (bicyclic) bond motifs is 1. The molecule has 1 aromatic carbocycles. The Hall–Kier alpha value is -2.57. The summed E-state index contributed by atoms with van der Waals surface area (Å²) < 4.78 is 6.60. The molecule has 0 aliphatic carbocycles. The van der Waals surface area contributed by atoms with Crippen LogP contribution in [0.1, 0.15) is 6.92 Å². The fourth-order valence-electron chi connectivity index (χ4n) is 2.00. The lowest BCUT2D eigenvalue weighted by Crippen LogP contribution is -2.22. The Kier molecular flexibility index (Phi) is 2.79. The van der Waals surface area contributed by atoms with E-state index in [4.69, 9.17) is 10.4 Å². The molecule has 2 aromatic heterocycles. The topological polar surface area (TPSA) is 94.8 Å². The number of nitrogens with two attached hydrogens (primary N) is 1. The summed E-state index contributed by atoms with van der Waals surface area (Å²) in [5, 5.41) is 15.2. The van der Waals surface area contributed by atoms with Crippen molar-refractivity contribution < 1.29 is 4.63 Å². The van der Waals surface area contributed by atoms with Crippen molar-refractivity contribution in [3.63, 3.8) is 0 Å². The predicted octanol–water partition coefficient (Wildman–Crippen LogP) is 1.50. The molecule has 0 amide bonds. The third-order valence-electron chi connectivity index (χ3n) is 2.87. The Balaban J connectivity index is 1.81. The smallest absolute Gasteiger partial charge is 0.160 e. The van der Waals surface area contributed by atoms with Crippen molar-refractivity contribution in [3.05, 3.63) is 30.6 Å². The minimum Gasteiger partial charge on any atom is -0.397 e. The Labute approximate surface area is 109 Å². The second kappa shape index (κ2) is 4.60. The summed E-state index contributed by atoms with van der Waals surface area (Å²) in [7, 11) is 0. The highest BCUT2D eigenvalue weighted by molar-refractivity contribution is 5.94. The minimum atomic E-state index is 0.184. The molecular formula is C12H14N6O. The van der Waals surface area contributed by atoms with Gasteiger partial charge in [0.15, 0.2) is 11.0 Å². The van der Waals surface area contributed by atoms with E-state index in [-0.39, 0.29) is 6.04 Å². The first-order valence-electron chi connectivity index (χ1n) is 5.99. The molecule has 0 bridgehead atoms. The molecule has 2 heterocycles. The van der Waals surface area contributed by atoms with Gasteiger partial charge in [0.2, 0.25) is 0 Å². The molecule has 98 valence electrons. The number of benzene rings is 1. The van der Waals surface area contributed by atoms with E-state index in [1.807, 2.05) is 23.0 Å². The van der Waals surface area contributed by atoms with Gasteiger partial charge in [0.05, 0.1) is 17.9 Å². The molecular weight excluding hydrogens is 244 g/mol. The second-order valence-electron chi connectivity index (χ2n) is 4.44. The maximum absolute atomic E-state index is 5.81. The maximum atomic E-state index is 5.81. The largest absolute Gasteiger partial charge is 0.397 e. The average Bonchev–Trinajstić information content (AvgIpc) is 3.03. The number of rotatable bonds is 4. The number of aromatic nitrogens is 4. The fourth-order valence-corrected chi connectivity index (χ4v) is 2.00. The zero-order valence-corrected chi connectivity index (χ0v) is 10.4. The summed E-state index contributed by atoms with van der Waals surface area (Å²) in [5.41, 5.74) is 8.44. The quantitative estimate of drug-likeness (QED) is 0.689. The van der Waals surface area contributed by atoms with Crippen LogP contribution in [-0.2, 0) is 6.54 Å². The van der Waals surface area contributed by atoms with Crippen LogP contribution in [0.2, 0.25) is 0 Å². The fraction of sp³-hybridized carbons (Fsp3) is 0.250. The normalized spacial score (nSPS) is 12.7. The van der Waals surface area contributed by atoms with Gasteiger partial charge in [-0.2, -0.15) is 5.10 Å². The van der Waals surface area contributed by atoms with Crippen LogP contribution in [0.4, 0.5) is 11.4 Å². The van der Waals surface area contributed by atoms with Crippen LogP contribution >= 0.6 is 0 Å². The SMILES string of the molecule is CC(Cn1cccn1)Nc1ccc(N)c2nonc12. The van der Waals surface area contributed by atoms with E-state index < -0.39 is 0 Å². The first-order chi connectivity index (χ1) is 9.24. The molecule has 0 aliphatic rings. The second-order valence-corrected chi connectivity index (χ2v) is 4.44. The average molecular weight is 258 g/mol. The lowest BCUT2D eigenvalue weighted by atomic mass is 10.2. The van der Waals surface area contributed by atoms with E-state index in [1.165, 1.54) is 0 Å². The molecule has 0 saturated carbocycles. The minimum absolute atomic E-state index is 0.184. The summed E-state index contributed by atoms with van der Waals surface area (Å²) in [6.07, 6.45) is 3.68. The van der Waals surface area contributed by atoms with Crippen molar-refractivity contribution in [3.8, 4) is 0 Å². The van der Waals surface area contributed by atoms with E-state index in [0.29, 0.717) is 16.7 Å². The van der Waals surface area contributed by atoms with E-state index >= 15 is 0 Å². The molecule has 0 spiro atoms. The number of nitrogens with one attached hydrogen (secondary N) is 1. The highest BCUT2D eigenvalue weighted by atomic mass is 16.6. The Morgan fingerprint density at radius 3 is 3.00 bits per heavy atom. The van der Waals surface area contributed by atoms with Gasteiger partial charge in [-0.05, 0) is 35.4 Å². The molecule has 0 fully saturated rings. The predicted molar refractivity (Wildman–Crippen MR) is 71.5 cm³/mol. The van der Waals surface area contributed by atoms with Gasteiger partial charge in [-0.1, -0.05) is 0 Å². The van der Waals surface area contributed by atoms with Crippen molar-refractivity contribution in [2.45, 2.75) is 19.5 Å². The maximum Gasteiger partial charge on any atom is 0.160 e. The van der Waals surface area contributed by atoms with Crippen LogP contribution in [0.5, 0.6) is 0 Å². The zero-order valence-electron chi connectivity index (χ0n) is 10.4. The van der Waals surface area contributed by atoms with Gasteiger partial charge in [-0.25, -0.2) is 4.63 Å². The first kappa shape index (κ1) is 11.5. The molecule has 7 nitrogen and oxygen atoms in total. The van der Waals surface area contributed by atoms with Gasteiger partial charge in [-0.3, -0.25) is 4.68 Å². The number of hydrogen-bond donors (Lipinski definition) is 2. The van der Waals surface area contributed by atoms with E-state index in [0.717, 1.165) is 12.2 Å². The highest BCUT2D eigenvalue weighted by Gasteiger charge is 2.12. The van der Waals surface area contributed by atoms with Crippen LogP contribution in [0.3, 0.4) is 0 Å². The highest BCUT2D eigenvalue weighted by Crippen LogP contribution is 2.25. The van der Waals surface area contributed by atoms with Gasteiger partial charge in [-0.15, -0.1) is 0 Å². The Morgan fingerprint density at radius 2 is 2.21 bits per heavy atom. The van der Waals surface area contributed by atoms with Crippen molar-refractivity contribution >= 4 is 22.4 Å². The number of anilines is 2. The van der Waals surface area contributed by atoms with E-state index in [2.05, 4.69) is 27.7 Å². The molecule has 0 saturated heterocycles. The lowest BCUT2D eigenvalue weighted by molar-refractivity contribution is 0.315. The van der Waals surface area contributed by atoms with Crippen molar-refractivity contribution in [1.82, 2.24) is 20.1 Å². The van der Waals surface area contributed by atoms with Gasteiger partial charge in [0.25, 0.3) is 0 Å². The van der Waals surface area contributed by atoms with Crippen LogP contribution < -0.4 is 11.1 Å². The molecule has 7 heteroatoms. The number of hydrogen-bond acceptors (Lipinski definition) is 6. The lowest BCUT2D eigenvalue weighted by Gasteiger charge is -2.15. The van der Waals surface area contributed by atoms with Crippen LogP contribution in [-0.4, -0.2) is 26.1 Å². The van der Waals surface area contributed by atoms with Gasteiger partial charge in [0, 0.05) is 18.4 Å². The molecule has 1 atom stereocenters. The molecule has 3 aromatic rings. The van der Waals surface area contributed by atoms with Gasteiger partial charge >= 0.3 is 0 Å². The number of nitrogen functional groups attached to an aromatic ring is 1. The molecule has 0 aliphatic heterocycles. The summed E-state index contributed by atoms with van der Waals surface area (Å²) >= 11 is 0. The molecule has 3 rings (SSSR count). The van der Waals surface area contributed by atoms with Crippen molar-refractivity contribution in [2.24, 2.45) is 0 Å². The Morgan fingerprint density at radius 1 is 1.37 bits per heavy atom. The molecule has 0 radical (unpaired) electrons. The summed E-state index contributed by atoms with van der Waals surface area (Å²) in [6.45, 7) is 2.82. The zero-order chi connectivity index (χ0) is 13.2. The standard InChI is InChI=1S/C12H14N6O/c1-8(7-18-6-2-5-14-18)15-10-4-3-9(13)11-12(10)17-19-16-11/h2-6,8,15H,7,13H2,1H3. The first-order valence-corrected chi connectivity index (χ1v) is 5.99. The summed E-state index contributed by atoms with van der Waals surface area (Å²) in [4.78, 5) is 0. The molecule has 3 N–H and O–H groups in total. The van der Waals surface area contributed by atoms with Crippen LogP contribution in [0.15, 0.2) is 35.2 Å². The summed E-state index contributed by atoms with van der Waals surface area (Å²) in [5.74, 6) is 0. The van der Waals surface area contributed by atoms with Crippen molar-refractivity contribution in [1.29, 1.82) is 0 Å². The monoisotopic (exact) mass is 258 g/mol. The number of nitrogens with zero attached hydrogens (tertiary/aromatic N) is 4. The van der Waals surface area contributed by atoms with E-state index in [1.54, 1.807) is 12.3 Å². The Bertz CT molecular complexity index is 675. The van der Waals surface area contributed by atoms with Gasteiger partial charge in [0.1, 0.15) is 0 Å². The van der Waals surface area contributed by atoms with Crippen LogP contribution in [0.25, 0.3) is 11.0 Å².